The zero-order chi connectivity index (χ0) is 26.4. The van der Waals surface area contributed by atoms with Gasteiger partial charge in [0.05, 0.1) is 18.2 Å². The number of halogens is 2. The maximum Gasteiger partial charge on any atom is 0.258 e. The van der Waals surface area contributed by atoms with E-state index in [0.29, 0.717) is 46.6 Å². The van der Waals surface area contributed by atoms with Crippen molar-refractivity contribution in [2.24, 2.45) is 5.10 Å². The second kappa shape index (κ2) is 12.0. The molecule has 0 unspecified atom stereocenters. The molecule has 3 aromatic carbocycles. The summed E-state index contributed by atoms with van der Waals surface area (Å²) in [6.45, 7) is 0.593. The molecule has 1 saturated heterocycles. The minimum absolute atomic E-state index is 0.0885. The first-order valence-corrected chi connectivity index (χ1v) is 13.6. The third-order valence-electron chi connectivity index (χ3n) is 5.81. The maximum atomic E-state index is 13.0. The number of methoxy groups -OCH3 is 1. The summed E-state index contributed by atoms with van der Waals surface area (Å²) in [6, 6.07) is 17.6. The normalized spacial score (nSPS) is 16.1. The van der Waals surface area contributed by atoms with Crippen molar-refractivity contribution in [3.63, 3.8) is 0 Å². The van der Waals surface area contributed by atoms with Gasteiger partial charge >= 0.3 is 0 Å². The predicted octanol–water partition coefficient (Wildman–Crippen LogP) is 4.88. The van der Waals surface area contributed by atoms with Crippen LogP contribution in [0.2, 0.25) is 10.0 Å². The quantitative estimate of drug-likeness (QED) is 0.296. The van der Waals surface area contributed by atoms with Gasteiger partial charge in [-0.2, -0.15) is 9.41 Å². The molecule has 0 aliphatic carbocycles. The number of hydrogen-bond donors (Lipinski definition) is 1. The summed E-state index contributed by atoms with van der Waals surface area (Å²) in [4.78, 5) is 12.9. The van der Waals surface area contributed by atoms with Gasteiger partial charge < -0.3 is 9.47 Å². The SMILES string of the molecule is COc1cc(/C=N\NC(=O)[C@@H]2CCCN2S(=O)(=O)c2ccc(Cl)cc2)ccc1OCc1ccc(Cl)cc1. The van der Waals surface area contributed by atoms with Crippen LogP contribution in [0.1, 0.15) is 24.0 Å². The molecule has 0 spiro atoms. The second-order valence-electron chi connectivity index (χ2n) is 8.29. The van der Waals surface area contributed by atoms with Gasteiger partial charge in [0, 0.05) is 16.6 Å². The van der Waals surface area contributed by atoms with Crippen molar-refractivity contribution < 1.29 is 22.7 Å². The van der Waals surface area contributed by atoms with Crippen molar-refractivity contribution in [3.8, 4) is 11.5 Å². The van der Waals surface area contributed by atoms with Gasteiger partial charge in [0.15, 0.2) is 11.5 Å². The number of nitrogens with zero attached hydrogens (tertiary/aromatic N) is 2. The van der Waals surface area contributed by atoms with Gasteiger partial charge in [0.2, 0.25) is 10.0 Å². The molecule has 1 fully saturated rings. The monoisotopic (exact) mass is 561 g/mol. The van der Waals surface area contributed by atoms with Crippen LogP contribution in [0.4, 0.5) is 0 Å². The first kappa shape index (κ1) is 26.9. The molecular formula is C26H25Cl2N3O5S. The summed E-state index contributed by atoms with van der Waals surface area (Å²) in [5.74, 6) is 0.550. The fourth-order valence-corrected chi connectivity index (χ4v) is 5.81. The highest BCUT2D eigenvalue weighted by molar-refractivity contribution is 7.89. The minimum atomic E-state index is -3.84. The molecule has 3 aromatic rings. The lowest BCUT2D eigenvalue weighted by Crippen LogP contribution is -2.44. The van der Waals surface area contributed by atoms with Crippen LogP contribution in [0.25, 0.3) is 0 Å². The topological polar surface area (TPSA) is 97.3 Å². The van der Waals surface area contributed by atoms with Crippen molar-refractivity contribution in [1.82, 2.24) is 9.73 Å². The van der Waals surface area contributed by atoms with Crippen molar-refractivity contribution in [2.75, 3.05) is 13.7 Å². The molecule has 1 aliphatic rings. The van der Waals surface area contributed by atoms with Gasteiger partial charge in [0.25, 0.3) is 5.91 Å². The third kappa shape index (κ3) is 6.61. The van der Waals surface area contributed by atoms with Crippen LogP contribution in [0.3, 0.4) is 0 Å². The van der Waals surface area contributed by atoms with Gasteiger partial charge in [-0.15, -0.1) is 0 Å². The van der Waals surface area contributed by atoms with E-state index in [-0.39, 0.29) is 11.4 Å². The number of carbonyl (C=O) groups excluding carboxylic acids is 1. The molecule has 0 bridgehead atoms. The lowest BCUT2D eigenvalue weighted by atomic mass is 10.2. The van der Waals surface area contributed by atoms with Crippen LogP contribution in [0.15, 0.2) is 76.7 Å². The van der Waals surface area contributed by atoms with Crippen molar-refractivity contribution in [1.29, 1.82) is 0 Å². The molecule has 1 aliphatic heterocycles. The summed E-state index contributed by atoms with van der Waals surface area (Å²) < 4.78 is 38.6. The number of hydrazone groups is 1. The minimum Gasteiger partial charge on any atom is -0.493 e. The third-order valence-corrected chi connectivity index (χ3v) is 8.24. The number of hydrogen-bond acceptors (Lipinski definition) is 6. The Kier molecular flexibility index (Phi) is 8.71. The average Bonchev–Trinajstić information content (AvgIpc) is 3.40. The number of rotatable bonds is 9. The molecule has 194 valence electrons. The Morgan fingerprint density at radius 1 is 1.05 bits per heavy atom. The fourth-order valence-electron chi connectivity index (χ4n) is 3.90. The molecule has 4 rings (SSSR count). The van der Waals surface area contributed by atoms with Crippen LogP contribution in [-0.4, -0.2) is 44.5 Å². The van der Waals surface area contributed by atoms with Gasteiger partial charge in [0.1, 0.15) is 12.6 Å². The molecule has 0 radical (unpaired) electrons. The highest BCUT2D eigenvalue weighted by atomic mass is 35.5. The smallest absolute Gasteiger partial charge is 0.258 e. The molecular weight excluding hydrogens is 537 g/mol. The fraction of sp³-hybridized carbons (Fsp3) is 0.231. The van der Waals surface area contributed by atoms with Gasteiger partial charge in [-0.05, 0) is 78.6 Å². The number of nitrogens with one attached hydrogen (secondary N) is 1. The zero-order valence-electron chi connectivity index (χ0n) is 19.9. The van der Waals surface area contributed by atoms with Gasteiger partial charge in [-0.1, -0.05) is 35.3 Å². The Labute approximate surface area is 225 Å². The summed E-state index contributed by atoms with van der Waals surface area (Å²) in [5.41, 5.74) is 4.08. The molecule has 1 N–H and O–H groups in total. The number of benzene rings is 3. The maximum absolute atomic E-state index is 13.0. The number of sulfonamides is 1. The Hall–Kier alpha value is -3.11. The Bertz CT molecular complexity index is 1380. The van der Waals surface area contributed by atoms with Crippen molar-refractivity contribution >= 4 is 45.3 Å². The largest absolute Gasteiger partial charge is 0.493 e. The molecule has 1 atom stereocenters. The Morgan fingerprint density at radius 3 is 2.41 bits per heavy atom. The van der Waals surface area contributed by atoms with Crippen molar-refractivity contribution in [2.45, 2.75) is 30.4 Å². The van der Waals surface area contributed by atoms with E-state index in [1.54, 1.807) is 30.3 Å². The Morgan fingerprint density at radius 2 is 1.73 bits per heavy atom. The standard InChI is InChI=1S/C26H25Cl2N3O5S/c1-35-25-15-19(6-13-24(25)36-17-18-4-7-20(27)8-5-18)16-29-30-26(32)23-3-2-14-31(23)37(33,34)22-11-9-21(28)10-12-22/h4-13,15-16,23H,2-3,14,17H2,1H3,(H,30,32)/b29-16-/t23-/m0/s1. The van der Waals surface area contributed by atoms with Crippen LogP contribution < -0.4 is 14.9 Å². The first-order valence-electron chi connectivity index (χ1n) is 11.4. The van der Waals surface area contributed by atoms with Gasteiger partial charge in [-0.25, -0.2) is 13.8 Å². The summed E-state index contributed by atoms with van der Waals surface area (Å²) in [6.07, 6.45) is 2.43. The molecule has 8 nitrogen and oxygen atoms in total. The molecule has 1 heterocycles. The van der Waals surface area contributed by atoms with E-state index >= 15 is 0 Å². The second-order valence-corrected chi connectivity index (χ2v) is 11.1. The van der Waals surface area contributed by atoms with Gasteiger partial charge in [-0.3, -0.25) is 4.79 Å². The van der Waals surface area contributed by atoms with Crippen molar-refractivity contribution in [3.05, 3.63) is 87.9 Å². The van der Waals surface area contributed by atoms with Crippen LogP contribution in [-0.2, 0) is 21.4 Å². The number of carbonyl (C=O) groups is 1. The number of amides is 1. The molecule has 37 heavy (non-hydrogen) atoms. The van der Waals surface area contributed by atoms with E-state index in [2.05, 4.69) is 10.5 Å². The summed E-state index contributed by atoms with van der Waals surface area (Å²) in [7, 11) is -2.31. The van der Waals surface area contributed by atoms with E-state index in [1.807, 2.05) is 12.1 Å². The number of ether oxygens (including phenoxy) is 2. The highest BCUT2D eigenvalue weighted by Crippen LogP contribution is 2.29. The van der Waals surface area contributed by atoms with Crippen LogP contribution >= 0.6 is 23.2 Å². The highest BCUT2D eigenvalue weighted by Gasteiger charge is 2.39. The zero-order valence-corrected chi connectivity index (χ0v) is 22.3. The van der Waals surface area contributed by atoms with Crippen LogP contribution in [0, 0.1) is 0 Å². The Balaban J connectivity index is 1.38. The molecule has 1 amide bonds. The molecule has 11 heteroatoms. The summed E-state index contributed by atoms with van der Waals surface area (Å²) in [5, 5.41) is 5.11. The lowest BCUT2D eigenvalue weighted by Gasteiger charge is -2.22. The summed E-state index contributed by atoms with van der Waals surface area (Å²) >= 11 is 11.8. The van der Waals surface area contributed by atoms with E-state index < -0.39 is 22.0 Å². The van der Waals surface area contributed by atoms with E-state index in [0.717, 1.165) is 5.56 Å². The lowest BCUT2D eigenvalue weighted by molar-refractivity contribution is -0.124. The van der Waals surface area contributed by atoms with Crippen LogP contribution in [0.5, 0.6) is 11.5 Å². The van der Waals surface area contributed by atoms with E-state index in [1.165, 1.54) is 41.9 Å². The van der Waals surface area contributed by atoms with E-state index in [9.17, 15) is 13.2 Å². The first-order chi connectivity index (χ1) is 17.8. The van der Waals surface area contributed by atoms with E-state index in [4.69, 9.17) is 32.7 Å². The molecule has 0 aromatic heterocycles. The predicted molar refractivity (Wildman–Crippen MR) is 143 cm³/mol. The average molecular weight is 562 g/mol. The molecule has 0 saturated carbocycles.